The molecule has 1 saturated heterocycles. The molecule has 0 aromatic rings. The monoisotopic (exact) mass is 145 g/mol. The van der Waals surface area contributed by atoms with Crippen LogP contribution in [0.3, 0.4) is 0 Å². The third-order valence-corrected chi connectivity index (χ3v) is 1.39. The van der Waals surface area contributed by atoms with Crippen molar-refractivity contribution < 1.29 is 4.74 Å². The maximum Gasteiger partial charge on any atom is 0.206 e. The Morgan fingerprint density at radius 3 is 2.80 bits per heavy atom. The van der Waals surface area contributed by atoms with Gasteiger partial charge >= 0.3 is 0 Å². The van der Waals surface area contributed by atoms with Crippen LogP contribution in [-0.2, 0) is 4.74 Å². The second-order valence-corrected chi connectivity index (χ2v) is 2.41. The van der Waals surface area contributed by atoms with Gasteiger partial charge in [-0.2, -0.15) is 0 Å². The van der Waals surface area contributed by atoms with Gasteiger partial charge in [-0.25, -0.2) is 5.01 Å². The summed E-state index contributed by atoms with van der Waals surface area (Å²) in [4.78, 5) is 11.9. The molecular weight excluding hydrogens is 134 g/mol. The van der Waals surface area contributed by atoms with Crippen molar-refractivity contribution in [1.82, 2.24) is 9.91 Å². The normalized spacial score (nSPS) is 25.9. The van der Waals surface area contributed by atoms with Gasteiger partial charge in [0.2, 0.25) is 6.35 Å². The van der Waals surface area contributed by atoms with Gasteiger partial charge < -0.3 is 4.74 Å². The number of ether oxygens (including phenoxy) is 1. The van der Waals surface area contributed by atoms with E-state index in [0.29, 0.717) is 13.2 Å². The van der Waals surface area contributed by atoms with E-state index >= 15 is 0 Å². The summed E-state index contributed by atoms with van der Waals surface area (Å²) >= 11 is 0. The zero-order valence-electron chi connectivity index (χ0n) is 6.15. The molecule has 0 aromatic heterocycles. The lowest BCUT2D eigenvalue weighted by atomic mass is 10.7. The maximum absolute atomic E-state index is 10.1. The average Bonchev–Trinajstić information content (AvgIpc) is 2.33. The molecule has 1 aliphatic rings. The quantitative estimate of drug-likeness (QED) is 0.507. The van der Waals surface area contributed by atoms with Crippen LogP contribution in [0.25, 0.3) is 0 Å². The van der Waals surface area contributed by atoms with Crippen LogP contribution in [-0.4, -0.2) is 43.5 Å². The summed E-state index contributed by atoms with van der Waals surface area (Å²) in [5.74, 6) is 0. The highest BCUT2D eigenvalue weighted by Gasteiger charge is 2.26. The van der Waals surface area contributed by atoms with Gasteiger partial charge in [-0.15, -0.1) is 4.91 Å². The molecule has 0 amide bonds. The number of hydrogen-bond acceptors (Lipinski definition) is 4. The fraction of sp³-hybridized carbons (Fsp3) is 1.00. The molecule has 1 rings (SSSR count). The molecule has 1 fully saturated rings. The lowest BCUT2D eigenvalue weighted by molar-refractivity contribution is -0.0660. The third kappa shape index (κ3) is 1.25. The first-order valence-electron chi connectivity index (χ1n) is 3.13. The number of nitrogens with zero attached hydrogens (tertiary/aromatic N) is 3. The van der Waals surface area contributed by atoms with E-state index in [2.05, 4.69) is 5.29 Å². The Morgan fingerprint density at radius 2 is 2.40 bits per heavy atom. The largest absolute Gasteiger partial charge is 0.342 e. The molecule has 0 N–H and O–H groups in total. The van der Waals surface area contributed by atoms with Crippen LogP contribution >= 0.6 is 0 Å². The highest BCUT2D eigenvalue weighted by Crippen LogP contribution is 2.10. The smallest absolute Gasteiger partial charge is 0.206 e. The van der Waals surface area contributed by atoms with E-state index in [1.54, 1.807) is 4.90 Å². The Balaban J connectivity index is 2.49. The van der Waals surface area contributed by atoms with Crippen LogP contribution in [0.1, 0.15) is 0 Å². The summed E-state index contributed by atoms with van der Waals surface area (Å²) in [6, 6.07) is 0. The Labute approximate surface area is 59.5 Å². The van der Waals surface area contributed by atoms with Gasteiger partial charge in [-0.1, -0.05) is 0 Å². The molecule has 1 unspecified atom stereocenters. The first-order valence-corrected chi connectivity index (χ1v) is 3.13. The predicted molar refractivity (Wildman–Crippen MR) is 35.9 cm³/mol. The van der Waals surface area contributed by atoms with E-state index in [4.69, 9.17) is 4.74 Å². The molecule has 0 spiro atoms. The molecule has 10 heavy (non-hydrogen) atoms. The molecule has 58 valence electrons. The average molecular weight is 145 g/mol. The topological polar surface area (TPSA) is 45.1 Å². The van der Waals surface area contributed by atoms with Crippen LogP contribution in [0, 0.1) is 4.91 Å². The predicted octanol–water partition coefficient (Wildman–Crippen LogP) is -0.155. The van der Waals surface area contributed by atoms with Crippen molar-refractivity contribution in [3.8, 4) is 0 Å². The summed E-state index contributed by atoms with van der Waals surface area (Å²) in [7, 11) is 3.68. The molecule has 0 aromatic carbocycles. The summed E-state index contributed by atoms with van der Waals surface area (Å²) in [5, 5.41) is 4.18. The Kier molecular flexibility index (Phi) is 2.18. The fourth-order valence-corrected chi connectivity index (χ4v) is 0.945. The van der Waals surface area contributed by atoms with Gasteiger partial charge in [-0.3, -0.25) is 4.90 Å². The molecule has 5 nitrogen and oxygen atoms in total. The van der Waals surface area contributed by atoms with Crippen molar-refractivity contribution in [2.45, 2.75) is 6.35 Å². The highest BCUT2D eigenvalue weighted by molar-refractivity contribution is 4.62. The molecule has 1 aliphatic heterocycles. The molecule has 1 heterocycles. The van der Waals surface area contributed by atoms with Crippen LogP contribution < -0.4 is 0 Å². The Hall–Kier alpha value is -0.680. The highest BCUT2D eigenvalue weighted by atomic mass is 16.5. The van der Waals surface area contributed by atoms with Gasteiger partial charge in [0.1, 0.15) is 0 Å². The van der Waals surface area contributed by atoms with E-state index in [0.717, 1.165) is 0 Å². The van der Waals surface area contributed by atoms with Crippen molar-refractivity contribution in [1.29, 1.82) is 0 Å². The molecule has 5 heteroatoms. The number of rotatable bonds is 2. The van der Waals surface area contributed by atoms with Crippen molar-refractivity contribution >= 4 is 0 Å². The summed E-state index contributed by atoms with van der Waals surface area (Å²) in [6.07, 6.45) is -0.266. The first-order chi connectivity index (χ1) is 4.75. The zero-order chi connectivity index (χ0) is 7.56. The minimum atomic E-state index is -0.266. The zero-order valence-corrected chi connectivity index (χ0v) is 6.15. The van der Waals surface area contributed by atoms with Gasteiger partial charge in [0, 0.05) is 0 Å². The lowest BCUT2D eigenvalue weighted by Crippen LogP contribution is -2.37. The fourth-order valence-electron chi connectivity index (χ4n) is 0.945. The Bertz CT molecular complexity index is 128. The minimum absolute atomic E-state index is 0.266. The first kappa shape index (κ1) is 7.43. The van der Waals surface area contributed by atoms with E-state index in [-0.39, 0.29) is 6.35 Å². The summed E-state index contributed by atoms with van der Waals surface area (Å²) in [5.41, 5.74) is 0. The maximum atomic E-state index is 10.1. The molecular formula is C5H11N3O2. The van der Waals surface area contributed by atoms with Crippen LogP contribution in [0.4, 0.5) is 0 Å². The van der Waals surface area contributed by atoms with Crippen molar-refractivity contribution in [2.75, 3.05) is 27.2 Å². The van der Waals surface area contributed by atoms with Crippen molar-refractivity contribution in [3.05, 3.63) is 4.91 Å². The minimum Gasteiger partial charge on any atom is -0.342 e. The van der Waals surface area contributed by atoms with Gasteiger partial charge in [0.25, 0.3) is 0 Å². The van der Waals surface area contributed by atoms with E-state index < -0.39 is 0 Å². The molecule has 0 saturated carbocycles. The van der Waals surface area contributed by atoms with Gasteiger partial charge in [0.05, 0.1) is 18.4 Å². The number of hydrogen-bond donors (Lipinski definition) is 0. The second kappa shape index (κ2) is 2.94. The molecule has 0 aliphatic carbocycles. The summed E-state index contributed by atoms with van der Waals surface area (Å²) in [6.45, 7) is 1.17. The lowest BCUT2D eigenvalue weighted by Gasteiger charge is -2.22. The van der Waals surface area contributed by atoms with Gasteiger partial charge in [0.15, 0.2) is 0 Å². The molecule has 0 radical (unpaired) electrons. The van der Waals surface area contributed by atoms with Crippen molar-refractivity contribution in [3.63, 3.8) is 0 Å². The second-order valence-electron chi connectivity index (χ2n) is 2.41. The van der Waals surface area contributed by atoms with Crippen LogP contribution in [0.15, 0.2) is 5.29 Å². The van der Waals surface area contributed by atoms with E-state index in [1.165, 1.54) is 5.01 Å². The standard InChI is InChI=1S/C5H11N3O2/c1-7(2)5-8(6-9)3-4-10-5/h5H,3-4H2,1-2H3. The van der Waals surface area contributed by atoms with E-state index in [9.17, 15) is 4.91 Å². The third-order valence-electron chi connectivity index (χ3n) is 1.39. The van der Waals surface area contributed by atoms with Crippen LogP contribution in [0.5, 0.6) is 0 Å². The van der Waals surface area contributed by atoms with Gasteiger partial charge in [-0.05, 0) is 14.1 Å². The Morgan fingerprint density at radius 1 is 1.70 bits per heavy atom. The van der Waals surface area contributed by atoms with E-state index in [1.807, 2.05) is 14.1 Å². The summed E-state index contributed by atoms with van der Waals surface area (Å²) < 4.78 is 5.18. The van der Waals surface area contributed by atoms with Crippen molar-refractivity contribution in [2.24, 2.45) is 5.29 Å². The SMILES string of the molecule is CN(C)C1OCCN1N=O. The van der Waals surface area contributed by atoms with Crippen LogP contribution in [0.2, 0.25) is 0 Å². The molecule has 0 bridgehead atoms. The number of nitroso groups, excluding NO2 is 1. The molecule has 1 atom stereocenters.